The number of halogens is 2. The van der Waals surface area contributed by atoms with E-state index in [9.17, 15) is 12.8 Å². The van der Waals surface area contributed by atoms with Crippen molar-refractivity contribution in [3.05, 3.63) is 46.0 Å². The standard InChI is InChI=1S/C12H12ClFN2O2S2/c1-15-7-9-3-5-12(19-9)20(17,18)16-8-2-4-11(14)10(13)6-8/h2-6,15-16H,7H2,1H3. The molecular formula is C12H12ClFN2O2S2. The summed E-state index contributed by atoms with van der Waals surface area (Å²) in [5.41, 5.74) is 0.222. The topological polar surface area (TPSA) is 58.2 Å². The fourth-order valence-electron chi connectivity index (χ4n) is 1.54. The molecule has 0 aliphatic rings. The van der Waals surface area contributed by atoms with Gasteiger partial charge in [-0.25, -0.2) is 12.8 Å². The Morgan fingerprint density at radius 3 is 2.70 bits per heavy atom. The molecule has 0 radical (unpaired) electrons. The zero-order valence-corrected chi connectivity index (χ0v) is 12.9. The van der Waals surface area contributed by atoms with Gasteiger partial charge in [-0.1, -0.05) is 11.6 Å². The number of sulfonamides is 1. The number of thiophene rings is 1. The molecule has 2 aromatic rings. The molecule has 4 nitrogen and oxygen atoms in total. The van der Waals surface area contributed by atoms with Crippen LogP contribution in [0.4, 0.5) is 10.1 Å². The van der Waals surface area contributed by atoms with Crippen LogP contribution in [0.15, 0.2) is 34.5 Å². The SMILES string of the molecule is CNCc1ccc(S(=O)(=O)Nc2ccc(F)c(Cl)c2)s1. The van der Waals surface area contributed by atoms with Gasteiger partial charge in [0.05, 0.1) is 10.7 Å². The van der Waals surface area contributed by atoms with Crippen molar-refractivity contribution in [2.45, 2.75) is 10.8 Å². The van der Waals surface area contributed by atoms with Crippen LogP contribution in [0.3, 0.4) is 0 Å². The fraction of sp³-hybridized carbons (Fsp3) is 0.167. The Balaban J connectivity index is 2.23. The number of hydrogen-bond donors (Lipinski definition) is 2. The van der Waals surface area contributed by atoms with Gasteiger partial charge in [-0.2, -0.15) is 0 Å². The average molecular weight is 335 g/mol. The molecule has 8 heteroatoms. The summed E-state index contributed by atoms with van der Waals surface area (Å²) in [6.07, 6.45) is 0. The number of anilines is 1. The maximum atomic E-state index is 13.0. The van der Waals surface area contributed by atoms with E-state index in [-0.39, 0.29) is 14.9 Å². The van der Waals surface area contributed by atoms with E-state index in [1.807, 2.05) is 0 Å². The second kappa shape index (κ2) is 6.09. The number of benzene rings is 1. The lowest BCUT2D eigenvalue weighted by Gasteiger charge is -2.06. The van der Waals surface area contributed by atoms with Gasteiger partial charge in [-0.05, 0) is 37.4 Å². The summed E-state index contributed by atoms with van der Waals surface area (Å²) < 4.78 is 39.9. The molecule has 0 bridgehead atoms. The Morgan fingerprint density at radius 2 is 2.05 bits per heavy atom. The van der Waals surface area contributed by atoms with E-state index >= 15 is 0 Å². The molecule has 0 unspecified atom stereocenters. The number of hydrogen-bond acceptors (Lipinski definition) is 4. The van der Waals surface area contributed by atoms with Crippen molar-refractivity contribution in [2.24, 2.45) is 0 Å². The zero-order chi connectivity index (χ0) is 14.8. The van der Waals surface area contributed by atoms with Crippen molar-refractivity contribution >= 4 is 38.6 Å². The summed E-state index contributed by atoms with van der Waals surface area (Å²) in [6.45, 7) is 0.600. The molecule has 1 aromatic heterocycles. The highest BCUT2D eigenvalue weighted by Crippen LogP contribution is 2.26. The number of nitrogens with one attached hydrogen (secondary N) is 2. The van der Waals surface area contributed by atoms with E-state index in [2.05, 4.69) is 10.0 Å². The largest absolute Gasteiger partial charge is 0.315 e. The van der Waals surface area contributed by atoms with Gasteiger partial charge >= 0.3 is 0 Å². The molecule has 108 valence electrons. The lowest BCUT2D eigenvalue weighted by molar-refractivity contribution is 0.603. The molecule has 0 aliphatic heterocycles. The molecule has 0 fully saturated rings. The Hall–Kier alpha value is -1.15. The third-order valence-electron chi connectivity index (χ3n) is 2.42. The van der Waals surface area contributed by atoms with Gasteiger partial charge in [0.15, 0.2) is 0 Å². The molecule has 0 saturated heterocycles. The second-order valence-corrected chi connectivity index (χ2v) is 7.47. The first kappa shape index (κ1) is 15.2. The minimum absolute atomic E-state index is 0.132. The van der Waals surface area contributed by atoms with Crippen LogP contribution < -0.4 is 10.0 Å². The number of rotatable bonds is 5. The summed E-state index contributed by atoms with van der Waals surface area (Å²) in [7, 11) is -1.90. The van der Waals surface area contributed by atoms with Gasteiger partial charge in [-0.3, -0.25) is 4.72 Å². The van der Waals surface area contributed by atoms with Crippen LogP contribution in [0.5, 0.6) is 0 Å². The van der Waals surface area contributed by atoms with Crippen LogP contribution in [0.2, 0.25) is 5.02 Å². The van der Waals surface area contributed by atoms with E-state index < -0.39 is 15.8 Å². The van der Waals surface area contributed by atoms with E-state index in [1.54, 1.807) is 13.1 Å². The van der Waals surface area contributed by atoms with Gasteiger partial charge in [0.1, 0.15) is 10.0 Å². The highest BCUT2D eigenvalue weighted by molar-refractivity contribution is 7.94. The van der Waals surface area contributed by atoms with Gasteiger partial charge in [0.2, 0.25) is 0 Å². The average Bonchev–Trinajstić information content (AvgIpc) is 2.83. The summed E-state index contributed by atoms with van der Waals surface area (Å²) in [4.78, 5) is 0.907. The van der Waals surface area contributed by atoms with Crippen LogP contribution in [-0.4, -0.2) is 15.5 Å². The van der Waals surface area contributed by atoms with Crippen LogP contribution in [-0.2, 0) is 16.6 Å². The van der Waals surface area contributed by atoms with Crippen molar-refractivity contribution in [1.29, 1.82) is 0 Å². The zero-order valence-electron chi connectivity index (χ0n) is 10.5. The Morgan fingerprint density at radius 1 is 1.30 bits per heavy atom. The Kier molecular flexibility index (Phi) is 4.64. The van der Waals surface area contributed by atoms with Gasteiger partial charge in [-0.15, -0.1) is 11.3 Å². The van der Waals surface area contributed by atoms with Crippen LogP contribution in [0.1, 0.15) is 4.88 Å². The summed E-state index contributed by atoms with van der Waals surface area (Å²) in [5, 5.41) is 2.82. The second-order valence-electron chi connectivity index (χ2n) is 3.99. The van der Waals surface area contributed by atoms with E-state index in [4.69, 9.17) is 11.6 Å². The normalized spacial score (nSPS) is 11.6. The van der Waals surface area contributed by atoms with Gasteiger partial charge in [0.25, 0.3) is 10.0 Å². The molecule has 1 aromatic carbocycles. The quantitative estimate of drug-likeness (QED) is 0.883. The minimum Gasteiger partial charge on any atom is -0.315 e. The first-order valence-electron chi connectivity index (χ1n) is 5.63. The van der Waals surface area contributed by atoms with Gasteiger partial charge < -0.3 is 5.32 Å². The predicted molar refractivity (Wildman–Crippen MR) is 79.3 cm³/mol. The molecule has 0 atom stereocenters. The van der Waals surface area contributed by atoms with Crippen molar-refractivity contribution in [3.63, 3.8) is 0 Å². The van der Waals surface area contributed by atoms with E-state index in [1.165, 1.54) is 29.5 Å². The van der Waals surface area contributed by atoms with Crippen LogP contribution >= 0.6 is 22.9 Å². The van der Waals surface area contributed by atoms with Gasteiger partial charge in [0, 0.05) is 11.4 Å². The monoisotopic (exact) mass is 334 g/mol. The first-order valence-corrected chi connectivity index (χ1v) is 8.31. The summed E-state index contributed by atoms with van der Waals surface area (Å²) in [5.74, 6) is -0.595. The third kappa shape index (κ3) is 3.49. The maximum Gasteiger partial charge on any atom is 0.271 e. The van der Waals surface area contributed by atoms with Crippen LogP contribution in [0.25, 0.3) is 0 Å². The third-order valence-corrected chi connectivity index (χ3v) is 5.67. The lowest BCUT2D eigenvalue weighted by atomic mass is 10.3. The molecule has 1 heterocycles. The summed E-state index contributed by atoms with van der Waals surface area (Å²) in [6, 6.07) is 6.94. The first-order chi connectivity index (χ1) is 9.42. The van der Waals surface area contributed by atoms with Crippen molar-refractivity contribution in [2.75, 3.05) is 11.8 Å². The van der Waals surface area contributed by atoms with Crippen LogP contribution in [0, 0.1) is 5.82 Å². The van der Waals surface area contributed by atoms with E-state index in [0.717, 1.165) is 10.9 Å². The predicted octanol–water partition coefficient (Wildman–Crippen LogP) is 3.06. The van der Waals surface area contributed by atoms with E-state index in [0.29, 0.717) is 6.54 Å². The molecule has 0 amide bonds. The molecular weight excluding hydrogens is 323 g/mol. The summed E-state index contributed by atoms with van der Waals surface area (Å²) >= 11 is 6.79. The molecule has 2 rings (SSSR count). The lowest BCUT2D eigenvalue weighted by Crippen LogP contribution is -2.11. The molecule has 0 saturated carbocycles. The minimum atomic E-state index is -3.68. The molecule has 20 heavy (non-hydrogen) atoms. The Bertz CT molecular complexity index is 716. The van der Waals surface area contributed by atoms with Crippen molar-refractivity contribution in [1.82, 2.24) is 5.32 Å². The molecule has 0 spiro atoms. The highest BCUT2D eigenvalue weighted by atomic mass is 35.5. The fourth-order valence-corrected chi connectivity index (χ4v) is 4.13. The molecule has 0 aliphatic carbocycles. The molecule has 2 N–H and O–H groups in total. The van der Waals surface area contributed by atoms with Crippen molar-refractivity contribution in [3.8, 4) is 0 Å². The maximum absolute atomic E-state index is 13.0. The highest BCUT2D eigenvalue weighted by Gasteiger charge is 2.17. The Labute approximate surface area is 125 Å². The van der Waals surface area contributed by atoms with Crippen molar-refractivity contribution < 1.29 is 12.8 Å². The smallest absolute Gasteiger partial charge is 0.271 e.